The Morgan fingerprint density at radius 3 is 2.46 bits per heavy atom. The molecule has 0 fully saturated rings. The fourth-order valence-corrected chi connectivity index (χ4v) is 4.51. The molecule has 0 aliphatic rings. The Hall–Kier alpha value is -2.31. The molecule has 6 heteroatoms. The summed E-state index contributed by atoms with van der Waals surface area (Å²) in [6, 6.07) is 10.3. The van der Waals surface area contributed by atoms with Gasteiger partial charge in [-0.1, -0.05) is 39.0 Å². The summed E-state index contributed by atoms with van der Waals surface area (Å²) < 4.78 is 16.7. The van der Waals surface area contributed by atoms with Gasteiger partial charge in [-0.05, 0) is 31.2 Å². The molecule has 1 aromatic carbocycles. The molecule has 28 heavy (non-hydrogen) atoms. The number of aromatic nitrogens is 1. The lowest BCUT2D eigenvalue weighted by molar-refractivity contribution is -0.120. The van der Waals surface area contributed by atoms with Crippen molar-refractivity contribution in [2.75, 3.05) is 0 Å². The molecule has 0 N–H and O–H groups in total. The van der Waals surface area contributed by atoms with Crippen molar-refractivity contribution in [1.82, 2.24) is 4.57 Å². The minimum atomic E-state index is -0.558. The van der Waals surface area contributed by atoms with Gasteiger partial charge in [-0.25, -0.2) is 4.39 Å². The van der Waals surface area contributed by atoms with Crippen molar-refractivity contribution in [3.8, 4) is 0 Å². The van der Waals surface area contributed by atoms with Gasteiger partial charge >= 0.3 is 0 Å². The number of Topliss-reactive ketones (excluding diaryl/α,β-unsaturated/α-hetero) is 1. The maximum Gasteiger partial charge on any atom is 0.269 e. The summed E-state index contributed by atoms with van der Waals surface area (Å²) in [6.07, 6.45) is 3.34. The summed E-state index contributed by atoms with van der Waals surface area (Å²) in [6.45, 7) is 7.59. The second-order valence-corrected chi connectivity index (χ2v) is 10.0. The van der Waals surface area contributed by atoms with Crippen molar-refractivity contribution in [2.24, 2.45) is 5.41 Å². The molecule has 0 aliphatic heterocycles. The van der Waals surface area contributed by atoms with Gasteiger partial charge in [-0.2, -0.15) is 0 Å². The molecule has 0 saturated heterocycles. The van der Waals surface area contributed by atoms with Crippen LogP contribution in [0.2, 0.25) is 0 Å². The van der Waals surface area contributed by atoms with E-state index in [0.29, 0.717) is 14.8 Å². The van der Waals surface area contributed by atoms with Crippen LogP contribution in [0, 0.1) is 18.2 Å². The summed E-state index contributed by atoms with van der Waals surface area (Å²) in [5.74, 6) is -0.442. The molecule has 0 unspecified atom stereocenters. The standard InChI is InChI=1S/C22H22FNO2S2/c1-14-9-10-16(27-14)11-18-21(26)24(13-15-7-5-6-8-17(15)23)20(28-18)12-19(25)22(2,3)4/h5-12H,13H2,1-4H3. The van der Waals surface area contributed by atoms with Gasteiger partial charge in [0.05, 0.1) is 11.1 Å². The number of hydrogen-bond donors (Lipinski definition) is 0. The monoisotopic (exact) mass is 415 g/mol. The Kier molecular flexibility index (Phi) is 5.82. The molecule has 2 heterocycles. The Morgan fingerprint density at radius 2 is 1.86 bits per heavy atom. The highest BCUT2D eigenvalue weighted by atomic mass is 32.1. The van der Waals surface area contributed by atoms with Gasteiger partial charge in [0, 0.05) is 26.8 Å². The highest BCUT2D eigenvalue weighted by molar-refractivity contribution is 7.13. The van der Waals surface area contributed by atoms with Crippen molar-refractivity contribution in [3.05, 3.63) is 77.1 Å². The first-order valence-electron chi connectivity index (χ1n) is 8.92. The van der Waals surface area contributed by atoms with Crippen LogP contribution in [-0.2, 0) is 11.3 Å². The highest BCUT2D eigenvalue weighted by Crippen LogP contribution is 2.16. The fraction of sp³-hybridized carbons (Fsp3) is 0.273. The van der Waals surface area contributed by atoms with E-state index in [1.54, 1.807) is 29.5 Å². The predicted molar refractivity (Wildman–Crippen MR) is 115 cm³/mol. The average Bonchev–Trinajstić information content (AvgIpc) is 3.14. The van der Waals surface area contributed by atoms with Gasteiger partial charge < -0.3 is 0 Å². The second kappa shape index (κ2) is 7.97. The SMILES string of the molecule is Cc1ccc(C=c2sc(=CC(=O)C(C)(C)C)n(Cc3ccccc3F)c2=O)s1. The van der Waals surface area contributed by atoms with Crippen LogP contribution in [0.3, 0.4) is 0 Å². The number of aryl methyl sites for hydroxylation is 1. The molecule has 0 radical (unpaired) electrons. The summed E-state index contributed by atoms with van der Waals surface area (Å²) >= 11 is 2.86. The van der Waals surface area contributed by atoms with Gasteiger partial charge in [-0.3, -0.25) is 14.2 Å². The quantitative estimate of drug-likeness (QED) is 0.652. The van der Waals surface area contributed by atoms with E-state index in [4.69, 9.17) is 0 Å². The lowest BCUT2D eigenvalue weighted by atomic mass is 9.91. The molecular formula is C22H22FNO2S2. The molecule has 146 valence electrons. The number of carbonyl (C=O) groups excluding carboxylic acids is 1. The van der Waals surface area contributed by atoms with Crippen molar-refractivity contribution < 1.29 is 9.18 Å². The van der Waals surface area contributed by atoms with Crippen molar-refractivity contribution >= 4 is 40.6 Å². The number of ketones is 1. The normalized spacial score (nSPS) is 13.3. The van der Waals surface area contributed by atoms with Gasteiger partial charge in [-0.15, -0.1) is 22.7 Å². The molecule has 3 nitrogen and oxygen atoms in total. The van der Waals surface area contributed by atoms with Crippen LogP contribution in [0.15, 0.2) is 41.2 Å². The van der Waals surface area contributed by atoms with Crippen molar-refractivity contribution in [3.63, 3.8) is 0 Å². The molecule has 2 aromatic heterocycles. The number of thiophene rings is 1. The van der Waals surface area contributed by atoms with E-state index in [-0.39, 0.29) is 23.7 Å². The predicted octanol–water partition coefficient (Wildman–Crippen LogP) is 3.69. The number of nitrogens with zero attached hydrogens (tertiary/aromatic N) is 1. The largest absolute Gasteiger partial charge is 0.294 e. The van der Waals surface area contributed by atoms with Crippen LogP contribution in [0.4, 0.5) is 4.39 Å². The minimum Gasteiger partial charge on any atom is -0.294 e. The maximum absolute atomic E-state index is 14.2. The molecule has 0 saturated carbocycles. The van der Waals surface area contributed by atoms with Crippen LogP contribution in [0.5, 0.6) is 0 Å². The third-order valence-electron chi connectivity index (χ3n) is 4.25. The zero-order valence-corrected chi connectivity index (χ0v) is 17.9. The molecule has 0 bridgehead atoms. The fourth-order valence-electron chi connectivity index (χ4n) is 2.58. The maximum atomic E-state index is 14.2. The van der Waals surface area contributed by atoms with E-state index in [2.05, 4.69) is 0 Å². The summed E-state index contributed by atoms with van der Waals surface area (Å²) in [7, 11) is 0. The zero-order chi connectivity index (χ0) is 20.5. The second-order valence-electron chi connectivity index (χ2n) is 7.64. The minimum absolute atomic E-state index is 0.0745. The third-order valence-corrected chi connectivity index (χ3v) is 6.26. The van der Waals surface area contributed by atoms with Crippen LogP contribution in [0.1, 0.15) is 36.1 Å². The molecule has 0 amide bonds. The van der Waals surface area contributed by atoms with Gasteiger partial charge in [0.2, 0.25) is 0 Å². The smallest absolute Gasteiger partial charge is 0.269 e. The topological polar surface area (TPSA) is 39.1 Å². The van der Waals surface area contributed by atoms with Crippen LogP contribution in [0.25, 0.3) is 12.2 Å². The molecular weight excluding hydrogens is 393 g/mol. The zero-order valence-electron chi connectivity index (χ0n) is 16.3. The number of halogens is 1. The van der Waals surface area contributed by atoms with Gasteiger partial charge in [0.1, 0.15) is 10.5 Å². The first kappa shape index (κ1) is 20.4. The summed E-state index contributed by atoms with van der Waals surface area (Å²) in [5.41, 5.74) is -0.358. The summed E-state index contributed by atoms with van der Waals surface area (Å²) in [4.78, 5) is 27.7. The van der Waals surface area contributed by atoms with E-state index in [1.165, 1.54) is 28.0 Å². The van der Waals surface area contributed by atoms with Gasteiger partial charge in [0.15, 0.2) is 5.78 Å². The molecule has 0 atom stereocenters. The highest BCUT2D eigenvalue weighted by Gasteiger charge is 2.19. The third kappa shape index (κ3) is 4.56. The Labute approximate surface area is 171 Å². The molecule has 3 aromatic rings. The first-order valence-corrected chi connectivity index (χ1v) is 10.6. The van der Waals surface area contributed by atoms with Crippen molar-refractivity contribution in [1.29, 1.82) is 0 Å². The Bertz CT molecular complexity index is 1190. The molecule has 0 spiro atoms. The average molecular weight is 416 g/mol. The van der Waals surface area contributed by atoms with Crippen LogP contribution < -0.4 is 14.8 Å². The lowest BCUT2D eigenvalue weighted by Gasteiger charge is -2.13. The number of rotatable bonds is 4. The van der Waals surface area contributed by atoms with Crippen LogP contribution in [-0.4, -0.2) is 10.4 Å². The van der Waals surface area contributed by atoms with Gasteiger partial charge in [0.25, 0.3) is 5.56 Å². The number of carbonyl (C=O) groups is 1. The number of thiazole rings is 1. The van der Waals surface area contributed by atoms with E-state index >= 15 is 0 Å². The number of benzene rings is 1. The Balaban J connectivity index is 2.19. The molecule has 0 aliphatic carbocycles. The van der Waals surface area contributed by atoms with E-state index in [1.807, 2.05) is 45.9 Å². The van der Waals surface area contributed by atoms with Crippen molar-refractivity contribution in [2.45, 2.75) is 34.2 Å². The summed E-state index contributed by atoms with van der Waals surface area (Å²) in [5, 5.41) is 0. The van der Waals surface area contributed by atoms with E-state index in [0.717, 1.165) is 9.75 Å². The molecule has 3 rings (SSSR count). The first-order chi connectivity index (χ1) is 13.1. The van der Waals surface area contributed by atoms with Crippen LogP contribution >= 0.6 is 22.7 Å². The Morgan fingerprint density at radius 1 is 1.14 bits per heavy atom. The van der Waals surface area contributed by atoms with E-state index in [9.17, 15) is 14.0 Å². The number of hydrogen-bond acceptors (Lipinski definition) is 4. The lowest BCUT2D eigenvalue weighted by Crippen LogP contribution is -2.33. The van der Waals surface area contributed by atoms with E-state index < -0.39 is 5.41 Å².